The first-order chi connectivity index (χ1) is 15.5. The van der Waals surface area contributed by atoms with Gasteiger partial charge in [0.05, 0.1) is 25.3 Å². The Bertz CT molecular complexity index is 1300. The van der Waals surface area contributed by atoms with Crippen LogP contribution in [0.1, 0.15) is 10.4 Å². The minimum atomic E-state index is -1.19. The second kappa shape index (κ2) is 8.84. The van der Waals surface area contributed by atoms with E-state index in [1.807, 2.05) is 0 Å². The fraction of sp³-hybridized carbons (Fsp3) is 0.0870. The zero-order valence-electron chi connectivity index (χ0n) is 17.1. The number of hydrogen-bond donors (Lipinski definition) is 2. The molecule has 32 heavy (non-hydrogen) atoms. The van der Waals surface area contributed by atoms with E-state index < -0.39 is 17.5 Å². The van der Waals surface area contributed by atoms with E-state index in [0.29, 0.717) is 34.2 Å². The lowest BCUT2D eigenvalue weighted by Crippen LogP contribution is -2.14. The predicted molar refractivity (Wildman–Crippen MR) is 117 cm³/mol. The van der Waals surface area contributed by atoms with E-state index in [1.54, 1.807) is 50.6 Å². The monoisotopic (exact) mass is 436 g/mol. The normalized spacial score (nSPS) is 10.6. The summed E-state index contributed by atoms with van der Waals surface area (Å²) in [6.07, 6.45) is 1.43. The molecule has 1 aromatic heterocycles. The Kier molecular flexibility index (Phi) is 5.80. The van der Waals surface area contributed by atoms with Crippen molar-refractivity contribution in [2.45, 2.75) is 0 Å². The molecule has 0 aliphatic rings. The first-order valence-electron chi connectivity index (χ1n) is 9.49. The fourth-order valence-electron chi connectivity index (χ4n) is 3.13. The van der Waals surface area contributed by atoms with E-state index in [1.165, 1.54) is 18.5 Å². The van der Waals surface area contributed by atoms with Gasteiger partial charge in [-0.2, -0.15) is 0 Å². The van der Waals surface area contributed by atoms with Crippen LogP contribution < -0.4 is 20.1 Å². The number of anilines is 3. The third-order valence-corrected chi connectivity index (χ3v) is 4.74. The topological polar surface area (TPSA) is 85.4 Å². The highest BCUT2D eigenvalue weighted by Crippen LogP contribution is 2.34. The number of carbonyl (C=O) groups excluding carboxylic acids is 1. The van der Waals surface area contributed by atoms with E-state index in [9.17, 15) is 13.6 Å². The Morgan fingerprint density at radius 2 is 1.59 bits per heavy atom. The fourth-order valence-corrected chi connectivity index (χ4v) is 3.13. The number of benzene rings is 3. The van der Waals surface area contributed by atoms with Gasteiger partial charge in [-0.25, -0.2) is 18.7 Å². The summed E-state index contributed by atoms with van der Waals surface area (Å²) in [4.78, 5) is 20.8. The van der Waals surface area contributed by atoms with Crippen LogP contribution >= 0.6 is 0 Å². The van der Waals surface area contributed by atoms with Gasteiger partial charge < -0.3 is 20.1 Å². The molecule has 162 valence electrons. The van der Waals surface area contributed by atoms with Crippen LogP contribution in [0, 0.1) is 11.6 Å². The molecule has 0 unspecified atom stereocenters. The van der Waals surface area contributed by atoms with E-state index in [0.717, 1.165) is 11.5 Å². The summed E-state index contributed by atoms with van der Waals surface area (Å²) in [7, 11) is 3.09. The molecule has 0 fully saturated rings. The smallest absolute Gasteiger partial charge is 0.258 e. The number of carbonyl (C=O) groups is 1. The lowest BCUT2D eigenvalue weighted by molar-refractivity contribution is 0.102. The van der Waals surface area contributed by atoms with Gasteiger partial charge in [-0.1, -0.05) is 6.07 Å². The van der Waals surface area contributed by atoms with Crippen molar-refractivity contribution in [2.75, 3.05) is 24.9 Å². The number of nitrogens with zero attached hydrogens (tertiary/aromatic N) is 2. The summed E-state index contributed by atoms with van der Waals surface area (Å²) in [6, 6.07) is 13.7. The van der Waals surface area contributed by atoms with Crippen molar-refractivity contribution in [2.24, 2.45) is 0 Å². The standard InChI is InChI=1S/C23H18F2N4O3/c1-31-19-10-16-18(11-20(19)32-2)26-12-27-22(16)28-13-6-8-14(9-7-13)29-23(30)15-4-3-5-17(24)21(15)25/h3-12H,1-2H3,(H,29,30)(H,26,27,28). The summed E-state index contributed by atoms with van der Waals surface area (Å²) < 4.78 is 37.8. The van der Waals surface area contributed by atoms with Crippen LogP contribution in [0.2, 0.25) is 0 Å². The molecular weight excluding hydrogens is 418 g/mol. The summed E-state index contributed by atoms with van der Waals surface area (Å²) >= 11 is 0. The number of methoxy groups -OCH3 is 2. The quantitative estimate of drug-likeness (QED) is 0.446. The van der Waals surface area contributed by atoms with Crippen LogP contribution in [-0.2, 0) is 0 Å². The van der Waals surface area contributed by atoms with Crippen molar-refractivity contribution >= 4 is 34.0 Å². The maximum atomic E-state index is 13.8. The van der Waals surface area contributed by atoms with Crippen molar-refractivity contribution in [3.63, 3.8) is 0 Å². The molecule has 0 aliphatic carbocycles. The third kappa shape index (κ3) is 4.13. The van der Waals surface area contributed by atoms with Gasteiger partial charge in [0.25, 0.3) is 5.91 Å². The Balaban J connectivity index is 1.54. The number of ether oxygens (including phenoxy) is 2. The molecule has 0 saturated heterocycles. The maximum absolute atomic E-state index is 13.8. The minimum Gasteiger partial charge on any atom is -0.493 e. The minimum absolute atomic E-state index is 0.371. The molecule has 4 aromatic rings. The van der Waals surface area contributed by atoms with E-state index >= 15 is 0 Å². The summed E-state index contributed by atoms with van der Waals surface area (Å²) in [5, 5.41) is 6.47. The average Bonchev–Trinajstić information content (AvgIpc) is 2.81. The van der Waals surface area contributed by atoms with Gasteiger partial charge >= 0.3 is 0 Å². The number of nitrogens with one attached hydrogen (secondary N) is 2. The molecule has 0 bridgehead atoms. The molecule has 4 rings (SSSR count). The highest BCUT2D eigenvalue weighted by Gasteiger charge is 2.15. The molecule has 2 N–H and O–H groups in total. The van der Waals surface area contributed by atoms with Crippen molar-refractivity contribution < 1.29 is 23.0 Å². The van der Waals surface area contributed by atoms with E-state index in [4.69, 9.17) is 9.47 Å². The number of rotatable bonds is 6. The molecule has 3 aromatic carbocycles. The predicted octanol–water partition coefficient (Wildman–Crippen LogP) is 4.92. The van der Waals surface area contributed by atoms with Gasteiger partial charge in [-0.15, -0.1) is 0 Å². The Morgan fingerprint density at radius 1 is 0.906 bits per heavy atom. The third-order valence-electron chi connectivity index (χ3n) is 4.74. The first kappa shape index (κ1) is 21.0. The van der Waals surface area contributed by atoms with Gasteiger partial charge in [0.2, 0.25) is 0 Å². The molecule has 9 heteroatoms. The molecule has 0 spiro atoms. The Morgan fingerprint density at radius 3 is 2.31 bits per heavy atom. The zero-order chi connectivity index (χ0) is 22.7. The van der Waals surface area contributed by atoms with E-state index in [2.05, 4.69) is 20.6 Å². The van der Waals surface area contributed by atoms with Gasteiger partial charge in [-0.3, -0.25) is 4.79 Å². The van der Waals surface area contributed by atoms with E-state index in [-0.39, 0.29) is 5.56 Å². The van der Waals surface area contributed by atoms with Crippen LogP contribution in [0.4, 0.5) is 26.0 Å². The Hall–Kier alpha value is -4.27. The number of hydrogen-bond acceptors (Lipinski definition) is 6. The van der Waals surface area contributed by atoms with Crippen molar-refractivity contribution in [1.29, 1.82) is 0 Å². The highest BCUT2D eigenvalue weighted by atomic mass is 19.2. The van der Waals surface area contributed by atoms with Crippen LogP contribution in [0.5, 0.6) is 11.5 Å². The molecular formula is C23H18F2N4O3. The number of aromatic nitrogens is 2. The Labute approximate surface area is 182 Å². The number of amides is 1. The molecule has 7 nitrogen and oxygen atoms in total. The van der Waals surface area contributed by atoms with Gasteiger partial charge in [0, 0.05) is 22.8 Å². The van der Waals surface area contributed by atoms with Crippen LogP contribution in [-0.4, -0.2) is 30.1 Å². The zero-order valence-corrected chi connectivity index (χ0v) is 17.1. The largest absolute Gasteiger partial charge is 0.493 e. The molecule has 0 saturated carbocycles. The van der Waals surface area contributed by atoms with Crippen molar-refractivity contribution in [3.8, 4) is 11.5 Å². The van der Waals surface area contributed by atoms with Crippen molar-refractivity contribution in [3.05, 3.63) is 78.1 Å². The second-order valence-electron chi connectivity index (χ2n) is 6.70. The lowest BCUT2D eigenvalue weighted by atomic mass is 10.2. The number of halogens is 2. The van der Waals surface area contributed by atoms with Crippen molar-refractivity contribution in [1.82, 2.24) is 9.97 Å². The second-order valence-corrected chi connectivity index (χ2v) is 6.70. The summed E-state index contributed by atoms with van der Waals surface area (Å²) in [5.41, 5.74) is 1.41. The van der Waals surface area contributed by atoms with Crippen LogP contribution in [0.3, 0.4) is 0 Å². The molecule has 1 heterocycles. The molecule has 0 atom stereocenters. The van der Waals surface area contributed by atoms with Crippen LogP contribution in [0.25, 0.3) is 10.9 Å². The summed E-state index contributed by atoms with van der Waals surface area (Å²) in [6.45, 7) is 0. The molecule has 1 amide bonds. The maximum Gasteiger partial charge on any atom is 0.258 e. The molecule has 0 radical (unpaired) electrons. The number of fused-ring (bicyclic) bond motifs is 1. The van der Waals surface area contributed by atoms with Gasteiger partial charge in [0.1, 0.15) is 12.1 Å². The first-order valence-corrected chi connectivity index (χ1v) is 9.49. The summed E-state index contributed by atoms with van der Waals surface area (Å²) in [5.74, 6) is -1.37. The average molecular weight is 436 g/mol. The van der Waals surface area contributed by atoms with Gasteiger partial charge in [-0.05, 0) is 42.5 Å². The van der Waals surface area contributed by atoms with Gasteiger partial charge in [0.15, 0.2) is 23.1 Å². The highest BCUT2D eigenvalue weighted by molar-refractivity contribution is 6.04. The SMILES string of the molecule is COc1cc2ncnc(Nc3ccc(NC(=O)c4cccc(F)c4F)cc3)c2cc1OC. The van der Waals surface area contributed by atoms with Crippen LogP contribution in [0.15, 0.2) is 60.9 Å². The molecule has 0 aliphatic heterocycles. The lowest BCUT2D eigenvalue weighted by Gasteiger charge is -2.12.